The molecule has 2 aromatic rings. The number of para-hydroxylation sites is 1. The van der Waals surface area contributed by atoms with Crippen molar-refractivity contribution in [3.63, 3.8) is 0 Å². The predicted molar refractivity (Wildman–Crippen MR) is 102 cm³/mol. The lowest BCUT2D eigenvalue weighted by molar-refractivity contribution is 0.212. The molecule has 0 bridgehead atoms. The Morgan fingerprint density at radius 1 is 0.917 bits per heavy atom. The molecule has 0 aromatic heterocycles. The van der Waals surface area contributed by atoms with Gasteiger partial charge in [0.2, 0.25) is 0 Å². The van der Waals surface area contributed by atoms with Crippen molar-refractivity contribution in [1.82, 2.24) is 4.90 Å². The quantitative estimate of drug-likeness (QED) is 0.813. The molecule has 2 nitrogen and oxygen atoms in total. The van der Waals surface area contributed by atoms with Crippen LogP contribution in [0.4, 0.5) is 5.69 Å². The van der Waals surface area contributed by atoms with Crippen LogP contribution in [0.5, 0.6) is 0 Å². The maximum Gasteiger partial charge on any atom is 0.0406 e. The topological polar surface area (TPSA) is 6.48 Å². The van der Waals surface area contributed by atoms with E-state index in [2.05, 4.69) is 46.2 Å². The van der Waals surface area contributed by atoms with Crippen LogP contribution in [0.1, 0.15) is 24.0 Å². The minimum absolute atomic E-state index is 0.723. The van der Waals surface area contributed by atoms with Crippen LogP contribution >= 0.6 is 11.6 Å². The summed E-state index contributed by atoms with van der Waals surface area (Å²) < 4.78 is 0. The number of hydrogen-bond acceptors (Lipinski definition) is 2. The molecule has 126 valence electrons. The lowest BCUT2D eigenvalue weighted by Gasteiger charge is -2.38. The standard InChI is InChI=1S/C21H25ClN2/c22-19-7-5-17(6-8-19)9-13-23-14-11-20(12-15-23)24-16-10-18-3-1-2-4-21(18)24/h1-8,20H,9-16H2. The molecule has 0 unspecified atom stereocenters. The van der Waals surface area contributed by atoms with Crippen molar-refractivity contribution in [2.45, 2.75) is 31.7 Å². The molecule has 0 amide bonds. The molecule has 0 radical (unpaired) electrons. The maximum atomic E-state index is 5.96. The van der Waals surface area contributed by atoms with Gasteiger partial charge in [-0.1, -0.05) is 41.9 Å². The Hall–Kier alpha value is -1.51. The average molecular weight is 341 g/mol. The van der Waals surface area contributed by atoms with Crippen LogP contribution in [0.25, 0.3) is 0 Å². The summed E-state index contributed by atoms with van der Waals surface area (Å²) in [4.78, 5) is 5.28. The Kier molecular flexibility index (Phi) is 4.77. The number of halogens is 1. The molecule has 1 saturated heterocycles. The Morgan fingerprint density at radius 3 is 2.46 bits per heavy atom. The van der Waals surface area contributed by atoms with Crippen molar-refractivity contribution in [3.8, 4) is 0 Å². The fourth-order valence-electron chi connectivity index (χ4n) is 4.14. The Bertz CT molecular complexity index is 674. The summed E-state index contributed by atoms with van der Waals surface area (Å²) in [7, 11) is 0. The van der Waals surface area contributed by atoms with E-state index < -0.39 is 0 Å². The molecule has 0 aliphatic carbocycles. The van der Waals surface area contributed by atoms with Gasteiger partial charge in [-0.2, -0.15) is 0 Å². The van der Waals surface area contributed by atoms with E-state index in [4.69, 9.17) is 11.6 Å². The fraction of sp³-hybridized carbons (Fsp3) is 0.429. The molecule has 0 saturated carbocycles. The Morgan fingerprint density at radius 2 is 1.67 bits per heavy atom. The summed E-state index contributed by atoms with van der Waals surface area (Å²) in [6, 6.07) is 17.9. The zero-order valence-corrected chi connectivity index (χ0v) is 14.9. The van der Waals surface area contributed by atoms with Gasteiger partial charge in [0.05, 0.1) is 0 Å². The predicted octanol–water partition coefficient (Wildman–Crippen LogP) is 4.41. The summed E-state index contributed by atoms with van der Waals surface area (Å²) in [5, 5.41) is 0.824. The van der Waals surface area contributed by atoms with Crippen LogP contribution in [-0.4, -0.2) is 37.1 Å². The van der Waals surface area contributed by atoms with Crippen molar-refractivity contribution in [2.24, 2.45) is 0 Å². The first kappa shape index (κ1) is 16.0. The zero-order valence-electron chi connectivity index (χ0n) is 14.1. The number of rotatable bonds is 4. The molecule has 2 heterocycles. The van der Waals surface area contributed by atoms with E-state index in [1.807, 2.05) is 12.1 Å². The van der Waals surface area contributed by atoms with Crippen molar-refractivity contribution < 1.29 is 0 Å². The van der Waals surface area contributed by atoms with Crippen molar-refractivity contribution in [2.75, 3.05) is 31.1 Å². The van der Waals surface area contributed by atoms with Gasteiger partial charge in [0.25, 0.3) is 0 Å². The van der Waals surface area contributed by atoms with E-state index in [1.165, 1.54) is 55.7 Å². The number of piperidine rings is 1. The van der Waals surface area contributed by atoms with Crippen LogP contribution in [0.2, 0.25) is 5.02 Å². The van der Waals surface area contributed by atoms with Crippen LogP contribution in [0.15, 0.2) is 48.5 Å². The molecule has 2 aromatic carbocycles. The second-order valence-corrected chi connectivity index (χ2v) is 7.46. The van der Waals surface area contributed by atoms with Gasteiger partial charge in [0.1, 0.15) is 0 Å². The molecular formula is C21H25ClN2. The summed E-state index contributed by atoms with van der Waals surface area (Å²) in [6.45, 7) is 4.80. The molecule has 2 aliphatic heterocycles. The largest absolute Gasteiger partial charge is 0.368 e. The van der Waals surface area contributed by atoms with Crippen molar-refractivity contribution >= 4 is 17.3 Å². The second-order valence-electron chi connectivity index (χ2n) is 7.02. The lowest BCUT2D eigenvalue weighted by atomic mass is 10.0. The highest BCUT2D eigenvalue weighted by Gasteiger charge is 2.28. The summed E-state index contributed by atoms with van der Waals surface area (Å²) in [5.74, 6) is 0. The van der Waals surface area contributed by atoms with E-state index in [1.54, 1.807) is 0 Å². The van der Waals surface area contributed by atoms with Gasteiger partial charge in [0, 0.05) is 42.9 Å². The Balaban J connectivity index is 1.29. The second kappa shape index (κ2) is 7.16. The first-order chi connectivity index (χ1) is 11.8. The van der Waals surface area contributed by atoms with Crippen LogP contribution in [0.3, 0.4) is 0 Å². The van der Waals surface area contributed by atoms with Crippen molar-refractivity contribution in [1.29, 1.82) is 0 Å². The SMILES string of the molecule is Clc1ccc(CCN2CCC(N3CCc4ccccc43)CC2)cc1. The third kappa shape index (κ3) is 3.45. The molecule has 24 heavy (non-hydrogen) atoms. The minimum atomic E-state index is 0.723. The molecule has 2 aliphatic rings. The van der Waals surface area contributed by atoms with E-state index in [0.717, 1.165) is 24.0 Å². The van der Waals surface area contributed by atoms with Gasteiger partial charge in [-0.05, 0) is 55.0 Å². The smallest absolute Gasteiger partial charge is 0.0406 e. The monoisotopic (exact) mass is 340 g/mol. The number of fused-ring (bicyclic) bond motifs is 1. The van der Waals surface area contributed by atoms with E-state index in [9.17, 15) is 0 Å². The molecule has 3 heteroatoms. The first-order valence-electron chi connectivity index (χ1n) is 9.11. The number of anilines is 1. The number of likely N-dealkylation sites (tertiary alicyclic amines) is 1. The molecule has 0 atom stereocenters. The van der Waals surface area contributed by atoms with Gasteiger partial charge in [-0.15, -0.1) is 0 Å². The number of hydrogen-bond donors (Lipinski definition) is 0. The summed E-state index contributed by atoms with van der Waals surface area (Å²) in [6.07, 6.45) is 4.91. The molecule has 4 rings (SSSR count). The van der Waals surface area contributed by atoms with Crippen LogP contribution in [0, 0.1) is 0 Å². The van der Waals surface area contributed by atoms with Gasteiger partial charge in [-0.3, -0.25) is 0 Å². The summed E-state index contributed by atoms with van der Waals surface area (Å²) >= 11 is 5.96. The molecular weight excluding hydrogens is 316 g/mol. The van der Waals surface area contributed by atoms with Crippen LogP contribution in [-0.2, 0) is 12.8 Å². The van der Waals surface area contributed by atoms with E-state index in [0.29, 0.717) is 0 Å². The third-order valence-electron chi connectivity index (χ3n) is 5.55. The first-order valence-corrected chi connectivity index (χ1v) is 9.49. The molecule has 0 spiro atoms. The molecule has 1 fully saturated rings. The highest BCUT2D eigenvalue weighted by molar-refractivity contribution is 6.30. The zero-order chi connectivity index (χ0) is 16.4. The highest BCUT2D eigenvalue weighted by atomic mass is 35.5. The maximum absolute atomic E-state index is 5.96. The minimum Gasteiger partial charge on any atom is -0.368 e. The molecule has 0 N–H and O–H groups in total. The highest BCUT2D eigenvalue weighted by Crippen LogP contribution is 2.32. The summed E-state index contributed by atoms with van der Waals surface area (Å²) in [5.41, 5.74) is 4.40. The van der Waals surface area contributed by atoms with E-state index >= 15 is 0 Å². The number of nitrogens with zero attached hydrogens (tertiary/aromatic N) is 2. The average Bonchev–Trinajstić information content (AvgIpc) is 3.06. The van der Waals surface area contributed by atoms with Gasteiger partial charge in [0.15, 0.2) is 0 Å². The Labute approximate surface area is 150 Å². The van der Waals surface area contributed by atoms with Crippen LogP contribution < -0.4 is 4.90 Å². The normalized spacial score (nSPS) is 18.8. The lowest BCUT2D eigenvalue weighted by Crippen LogP contribution is -2.44. The fourth-order valence-corrected chi connectivity index (χ4v) is 4.26. The van der Waals surface area contributed by atoms with Gasteiger partial charge in [-0.25, -0.2) is 0 Å². The van der Waals surface area contributed by atoms with Gasteiger partial charge >= 0.3 is 0 Å². The third-order valence-corrected chi connectivity index (χ3v) is 5.80. The van der Waals surface area contributed by atoms with Crippen molar-refractivity contribution in [3.05, 3.63) is 64.7 Å². The van der Waals surface area contributed by atoms with Gasteiger partial charge < -0.3 is 9.80 Å². The number of benzene rings is 2. The van der Waals surface area contributed by atoms with E-state index in [-0.39, 0.29) is 0 Å².